The summed E-state index contributed by atoms with van der Waals surface area (Å²) < 4.78 is 0. The van der Waals surface area contributed by atoms with Gasteiger partial charge in [-0.2, -0.15) is 5.26 Å². The summed E-state index contributed by atoms with van der Waals surface area (Å²) in [6.45, 7) is 6.02. The van der Waals surface area contributed by atoms with Crippen LogP contribution in [0.3, 0.4) is 0 Å². The molecule has 1 heterocycles. The van der Waals surface area contributed by atoms with Crippen LogP contribution < -0.4 is 0 Å². The molecule has 1 aliphatic carbocycles. The van der Waals surface area contributed by atoms with Gasteiger partial charge in [0, 0.05) is 9.75 Å². The first kappa shape index (κ1) is 13.6. The first-order valence-corrected chi connectivity index (χ1v) is 7.47. The second kappa shape index (κ2) is 4.68. The topological polar surface area (TPSA) is 44.0 Å². The van der Waals surface area contributed by atoms with Gasteiger partial charge in [0.2, 0.25) is 0 Å². The molecule has 0 radical (unpaired) electrons. The Bertz CT molecular complexity index is 471. The number of aliphatic hydroxyl groups is 1. The molecule has 3 unspecified atom stereocenters. The van der Waals surface area contributed by atoms with Gasteiger partial charge in [-0.3, -0.25) is 0 Å². The van der Waals surface area contributed by atoms with Crippen molar-refractivity contribution in [2.45, 2.75) is 52.1 Å². The van der Waals surface area contributed by atoms with Crippen LogP contribution in [0.5, 0.6) is 0 Å². The fraction of sp³-hybridized carbons (Fsp3) is 0.667. The smallest absolute Gasteiger partial charge is 0.114 e. The number of thiophene rings is 1. The Hall–Kier alpha value is -0.850. The van der Waals surface area contributed by atoms with Gasteiger partial charge in [0.15, 0.2) is 0 Å². The molecule has 1 N–H and O–H groups in total. The number of hydrogen-bond donors (Lipinski definition) is 1. The second-order valence-electron chi connectivity index (χ2n) is 5.69. The average Bonchev–Trinajstić information content (AvgIpc) is 2.95. The van der Waals surface area contributed by atoms with Crippen LogP contribution in [0, 0.1) is 29.6 Å². The van der Waals surface area contributed by atoms with E-state index in [0.717, 1.165) is 30.6 Å². The van der Waals surface area contributed by atoms with Crippen LogP contribution >= 0.6 is 11.3 Å². The third-order valence-corrected chi connectivity index (χ3v) is 5.77. The maximum absolute atomic E-state index is 11.0. The van der Waals surface area contributed by atoms with E-state index in [1.807, 2.05) is 26.0 Å². The Kier molecular flexibility index (Phi) is 3.53. The molecule has 3 heteroatoms. The van der Waals surface area contributed by atoms with Crippen molar-refractivity contribution in [3.63, 3.8) is 0 Å². The van der Waals surface area contributed by atoms with Crippen LogP contribution in [0.4, 0.5) is 0 Å². The summed E-state index contributed by atoms with van der Waals surface area (Å²) in [5.41, 5.74) is -1.63. The monoisotopic (exact) mass is 263 g/mol. The second-order valence-corrected chi connectivity index (χ2v) is 6.98. The fourth-order valence-electron chi connectivity index (χ4n) is 3.08. The predicted molar refractivity (Wildman–Crippen MR) is 74.3 cm³/mol. The number of rotatable bonds is 3. The molecule has 0 spiro atoms. The summed E-state index contributed by atoms with van der Waals surface area (Å²) in [7, 11) is 0. The van der Waals surface area contributed by atoms with Gasteiger partial charge in [0.25, 0.3) is 0 Å². The van der Waals surface area contributed by atoms with Crippen molar-refractivity contribution in [1.29, 1.82) is 5.26 Å². The van der Waals surface area contributed by atoms with Gasteiger partial charge in [0.05, 0.1) is 11.5 Å². The normalized spacial score (nSPS) is 30.9. The van der Waals surface area contributed by atoms with Crippen molar-refractivity contribution in [3.05, 3.63) is 21.9 Å². The van der Waals surface area contributed by atoms with E-state index in [1.165, 1.54) is 4.88 Å². The average molecular weight is 263 g/mol. The van der Waals surface area contributed by atoms with Gasteiger partial charge in [-0.25, -0.2) is 0 Å². The maximum Gasteiger partial charge on any atom is 0.114 e. The molecular formula is C15H21NOS. The van der Waals surface area contributed by atoms with Crippen molar-refractivity contribution in [2.24, 2.45) is 11.3 Å². The molecule has 2 rings (SSSR count). The van der Waals surface area contributed by atoms with E-state index in [1.54, 1.807) is 11.3 Å². The summed E-state index contributed by atoms with van der Waals surface area (Å²) in [5.74, 6) is 0.581. The first-order chi connectivity index (χ1) is 8.45. The highest BCUT2D eigenvalue weighted by Gasteiger charge is 2.53. The minimum Gasteiger partial charge on any atom is -0.383 e. The number of hydrogen-bond acceptors (Lipinski definition) is 3. The molecule has 0 amide bonds. The van der Waals surface area contributed by atoms with E-state index in [4.69, 9.17) is 0 Å². The zero-order valence-corrected chi connectivity index (χ0v) is 12.2. The lowest BCUT2D eigenvalue weighted by molar-refractivity contribution is -0.0410. The standard InChI is InChI=1S/C15H21NOS/c1-4-12-7-8-15(9-12,10-16)14(3,17)13-6-5-11(2)18-13/h5-6,12,17H,4,7-9H2,1-3H3. The third-order valence-electron chi connectivity index (χ3n) is 4.56. The molecule has 1 aliphatic rings. The molecular weight excluding hydrogens is 242 g/mol. The van der Waals surface area contributed by atoms with Crippen LogP contribution in [0.25, 0.3) is 0 Å². The fourth-order valence-corrected chi connectivity index (χ4v) is 4.09. The van der Waals surface area contributed by atoms with Gasteiger partial charge < -0.3 is 5.11 Å². The predicted octanol–water partition coefficient (Wildman–Crippen LogP) is 3.98. The summed E-state index contributed by atoms with van der Waals surface area (Å²) >= 11 is 1.60. The number of nitrogens with zero attached hydrogens (tertiary/aromatic N) is 1. The third kappa shape index (κ3) is 1.98. The quantitative estimate of drug-likeness (QED) is 0.896. The zero-order chi connectivity index (χ0) is 13.4. The first-order valence-electron chi connectivity index (χ1n) is 6.66. The molecule has 98 valence electrons. The van der Waals surface area contributed by atoms with Crippen molar-refractivity contribution in [1.82, 2.24) is 0 Å². The molecule has 3 atom stereocenters. The zero-order valence-electron chi connectivity index (χ0n) is 11.4. The molecule has 1 saturated carbocycles. The largest absolute Gasteiger partial charge is 0.383 e. The highest BCUT2D eigenvalue weighted by Crippen LogP contribution is 2.54. The Balaban J connectivity index is 2.36. The number of aryl methyl sites for hydroxylation is 1. The van der Waals surface area contributed by atoms with Gasteiger partial charge in [-0.05, 0) is 51.2 Å². The Labute approximate surface area is 113 Å². The van der Waals surface area contributed by atoms with Crippen LogP contribution in [0.1, 0.15) is 49.3 Å². The van der Waals surface area contributed by atoms with Gasteiger partial charge in [-0.15, -0.1) is 11.3 Å². The van der Waals surface area contributed by atoms with Crippen molar-refractivity contribution >= 4 is 11.3 Å². The van der Waals surface area contributed by atoms with Crippen LogP contribution in [0.15, 0.2) is 12.1 Å². The number of nitriles is 1. The Morgan fingerprint density at radius 1 is 1.61 bits per heavy atom. The summed E-state index contributed by atoms with van der Waals surface area (Å²) in [5, 5.41) is 20.6. The van der Waals surface area contributed by atoms with Gasteiger partial charge in [-0.1, -0.05) is 13.3 Å². The Morgan fingerprint density at radius 2 is 2.33 bits per heavy atom. The molecule has 0 aliphatic heterocycles. The molecule has 0 bridgehead atoms. The van der Waals surface area contributed by atoms with Gasteiger partial charge in [0.1, 0.15) is 5.60 Å². The van der Waals surface area contributed by atoms with Crippen molar-refractivity contribution < 1.29 is 5.11 Å². The molecule has 18 heavy (non-hydrogen) atoms. The van der Waals surface area contributed by atoms with E-state index >= 15 is 0 Å². The van der Waals surface area contributed by atoms with Crippen LogP contribution in [-0.4, -0.2) is 5.11 Å². The molecule has 0 saturated heterocycles. The van der Waals surface area contributed by atoms with E-state index in [2.05, 4.69) is 13.0 Å². The van der Waals surface area contributed by atoms with Crippen molar-refractivity contribution in [2.75, 3.05) is 0 Å². The van der Waals surface area contributed by atoms with E-state index in [0.29, 0.717) is 5.92 Å². The lowest BCUT2D eigenvalue weighted by Crippen LogP contribution is -2.40. The summed E-state index contributed by atoms with van der Waals surface area (Å²) in [4.78, 5) is 2.11. The Morgan fingerprint density at radius 3 is 2.78 bits per heavy atom. The molecule has 2 nitrogen and oxygen atoms in total. The molecule has 0 aromatic carbocycles. The minimum absolute atomic E-state index is 0.581. The highest BCUT2D eigenvalue weighted by atomic mass is 32.1. The van der Waals surface area contributed by atoms with E-state index < -0.39 is 11.0 Å². The summed E-state index contributed by atoms with van der Waals surface area (Å²) in [6, 6.07) is 6.44. The van der Waals surface area contributed by atoms with Gasteiger partial charge >= 0.3 is 0 Å². The van der Waals surface area contributed by atoms with Crippen LogP contribution in [-0.2, 0) is 5.60 Å². The molecule has 1 aromatic rings. The van der Waals surface area contributed by atoms with E-state index in [-0.39, 0.29) is 0 Å². The van der Waals surface area contributed by atoms with E-state index in [9.17, 15) is 10.4 Å². The minimum atomic E-state index is -1.02. The highest BCUT2D eigenvalue weighted by molar-refractivity contribution is 7.12. The van der Waals surface area contributed by atoms with Crippen molar-refractivity contribution in [3.8, 4) is 6.07 Å². The van der Waals surface area contributed by atoms with Crippen LogP contribution in [0.2, 0.25) is 0 Å². The lowest BCUT2D eigenvalue weighted by Gasteiger charge is -2.37. The maximum atomic E-state index is 11.0. The molecule has 1 fully saturated rings. The SMILES string of the molecule is CCC1CCC(C#N)(C(C)(O)c2ccc(C)s2)C1. The molecule has 1 aromatic heterocycles. The summed E-state index contributed by atoms with van der Waals surface area (Å²) in [6.07, 6.45) is 3.80. The lowest BCUT2D eigenvalue weighted by atomic mass is 9.71.